The van der Waals surface area contributed by atoms with Gasteiger partial charge in [-0.3, -0.25) is 10.1 Å². The molecule has 2 aromatic carbocycles. The summed E-state index contributed by atoms with van der Waals surface area (Å²) < 4.78 is 0. The Bertz CT molecular complexity index is 598. The Morgan fingerprint density at radius 2 is 1.35 bits per heavy atom. The van der Waals surface area contributed by atoms with Crippen LogP contribution in [0.1, 0.15) is 26.3 Å². The summed E-state index contributed by atoms with van der Waals surface area (Å²) in [7, 11) is 0. The minimum absolute atomic E-state index is 0.123. The van der Waals surface area contributed by atoms with Crippen LogP contribution in [0.2, 0.25) is 0 Å². The van der Waals surface area contributed by atoms with E-state index in [0.29, 0.717) is 0 Å². The standard InChI is InChI=1S/C16H17NO2S/c1-16(2,3)12-4-8-14(9-5-12)20-15-10-6-13(7-11-15)17(18)19/h4-11H,1-3H3. The molecule has 20 heavy (non-hydrogen) atoms. The van der Waals surface area contributed by atoms with Crippen molar-refractivity contribution < 1.29 is 4.92 Å². The van der Waals surface area contributed by atoms with Gasteiger partial charge in [-0.05, 0) is 35.2 Å². The van der Waals surface area contributed by atoms with E-state index in [0.717, 1.165) is 9.79 Å². The first-order valence-corrected chi connectivity index (χ1v) is 7.21. The molecule has 2 rings (SSSR count). The number of rotatable bonds is 3. The van der Waals surface area contributed by atoms with E-state index in [1.54, 1.807) is 23.9 Å². The van der Waals surface area contributed by atoms with Gasteiger partial charge in [0.1, 0.15) is 0 Å². The summed E-state index contributed by atoms with van der Waals surface area (Å²) in [5.74, 6) is 0. The highest BCUT2D eigenvalue weighted by molar-refractivity contribution is 7.99. The smallest absolute Gasteiger partial charge is 0.258 e. The van der Waals surface area contributed by atoms with E-state index in [1.165, 1.54) is 17.7 Å². The molecule has 0 aliphatic carbocycles. The van der Waals surface area contributed by atoms with Crippen LogP contribution in [-0.2, 0) is 5.41 Å². The fourth-order valence-corrected chi connectivity index (χ4v) is 2.61. The summed E-state index contributed by atoms with van der Waals surface area (Å²) in [6.45, 7) is 6.56. The molecule has 104 valence electrons. The predicted octanol–water partition coefficient (Wildman–Crippen LogP) is 5.04. The van der Waals surface area contributed by atoms with Crippen molar-refractivity contribution in [3.05, 3.63) is 64.2 Å². The van der Waals surface area contributed by atoms with Crippen molar-refractivity contribution in [1.29, 1.82) is 0 Å². The molecule has 2 aromatic rings. The zero-order valence-electron chi connectivity index (χ0n) is 11.8. The van der Waals surface area contributed by atoms with Crippen molar-refractivity contribution in [3.8, 4) is 0 Å². The Morgan fingerprint density at radius 1 is 0.900 bits per heavy atom. The van der Waals surface area contributed by atoms with Crippen LogP contribution in [0.4, 0.5) is 5.69 Å². The topological polar surface area (TPSA) is 43.1 Å². The molecule has 3 nitrogen and oxygen atoms in total. The second-order valence-corrected chi connectivity index (χ2v) is 6.77. The van der Waals surface area contributed by atoms with Crippen LogP contribution in [0.25, 0.3) is 0 Å². The maximum atomic E-state index is 10.6. The Balaban J connectivity index is 2.12. The van der Waals surface area contributed by atoms with E-state index in [2.05, 4.69) is 45.0 Å². The zero-order valence-corrected chi connectivity index (χ0v) is 12.6. The summed E-state index contributed by atoms with van der Waals surface area (Å²) in [4.78, 5) is 12.3. The van der Waals surface area contributed by atoms with E-state index in [4.69, 9.17) is 0 Å². The minimum atomic E-state index is -0.382. The molecule has 0 fully saturated rings. The van der Waals surface area contributed by atoms with Crippen molar-refractivity contribution in [2.24, 2.45) is 0 Å². The monoisotopic (exact) mass is 287 g/mol. The lowest BCUT2D eigenvalue weighted by Crippen LogP contribution is -2.10. The molecule has 0 saturated carbocycles. The molecule has 0 aromatic heterocycles. The van der Waals surface area contributed by atoms with Crippen molar-refractivity contribution in [1.82, 2.24) is 0 Å². The summed E-state index contributed by atoms with van der Waals surface area (Å²) in [6, 6.07) is 15.1. The zero-order chi connectivity index (χ0) is 14.8. The van der Waals surface area contributed by atoms with Crippen LogP contribution in [-0.4, -0.2) is 4.92 Å². The number of nitrogens with zero attached hydrogens (tertiary/aromatic N) is 1. The van der Waals surface area contributed by atoms with E-state index >= 15 is 0 Å². The highest BCUT2D eigenvalue weighted by Gasteiger charge is 2.13. The molecule has 0 bridgehead atoms. The third-order valence-electron chi connectivity index (χ3n) is 3.00. The van der Waals surface area contributed by atoms with Crippen LogP contribution in [0.3, 0.4) is 0 Å². The molecule has 0 spiro atoms. The van der Waals surface area contributed by atoms with Gasteiger partial charge in [-0.25, -0.2) is 0 Å². The lowest BCUT2D eigenvalue weighted by Gasteiger charge is -2.19. The van der Waals surface area contributed by atoms with E-state index in [-0.39, 0.29) is 16.0 Å². The Morgan fingerprint density at radius 3 is 1.75 bits per heavy atom. The van der Waals surface area contributed by atoms with Gasteiger partial charge in [0.2, 0.25) is 0 Å². The highest BCUT2D eigenvalue weighted by atomic mass is 32.2. The molecule has 0 atom stereocenters. The van der Waals surface area contributed by atoms with E-state index < -0.39 is 0 Å². The number of nitro groups is 1. The molecule has 0 amide bonds. The second-order valence-electron chi connectivity index (χ2n) is 5.63. The lowest BCUT2D eigenvalue weighted by atomic mass is 9.87. The largest absolute Gasteiger partial charge is 0.269 e. The summed E-state index contributed by atoms with van der Waals surface area (Å²) >= 11 is 1.60. The third kappa shape index (κ3) is 3.61. The Hall–Kier alpha value is -1.81. The number of non-ortho nitro benzene ring substituents is 1. The van der Waals surface area contributed by atoms with Gasteiger partial charge < -0.3 is 0 Å². The Kier molecular flexibility index (Phi) is 4.14. The fraction of sp³-hybridized carbons (Fsp3) is 0.250. The number of benzene rings is 2. The van der Waals surface area contributed by atoms with Crippen LogP contribution in [0.5, 0.6) is 0 Å². The lowest BCUT2D eigenvalue weighted by molar-refractivity contribution is -0.384. The maximum Gasteiger partial charge on any atom is 0.269 e. The van der Waals surface area contributed by atoms with Gasteiger partial charge in [-0.1, -0.05) is 44.7 Å². The molecular formula is C16H17NO2S. The van der Waals surface area contributed by atoms with Crippen LogP contribution in [0, 0.1) is 10.1 Å². The second kappa shape index (κ2) is 5.67. The van der Waals surface area contributed by atoms with Crippen molar-refractivity contribution in [3.63, 3.8) is 0 Å². The summed E-state index contributed by atoms with van der Waals surface area (Å²) in [5.41, 5.74) is 1.57. The fourth-order valence-electron chi connectivity index (χ4n) is 1.79. The van der Waals surface area contributed by atoms with Crippen molar-refractivity contribution in [2.75, 3.05) is 0 Å². The SMILES string of the molecule is CC(C)(C)c1ccc(Sc2ccc([N+](=O)[O-])cc2)cc1. The van der Waals surface area contributed by atoms with Gasteiger partial charge in [-0.2, -0.15) is 0 Å². The predicted molar refractivity (Wildman–Crippen MR) is 82.4 cm³/mol. The van der Waals surface area contributed by atoms with Gasteiger partial charge in [0, 0.05) is 21.9 Å². The summed E-state index contributed by atoms with van der Waals surface area (Å²) in [6.07, 6.45) is 0. The molecule has 0 aliphatic rings. The normalized spacial score (nSPS) is 11.3. The molecule has 0 saturated heterocycles. The van der Waals surface area contributed by atoms with Crippen LogP contribution >= 0.6 is 11.8 Å². The molecule has 4 heteroatoms. The van der Waals surface area contributed by atoms with E-state index in [1.807, 2.05) is 0 Å². The highest BCUT2D eigenvalue weighted by Crippen LogP contribution is 2.31. The van der Waals surface area contributed by atoms with Crippen LogP contribution < -0.4 is 0 Å². The van der Waals surface area contributed by atoms with E-state index in [9.17, 15) is 10.1 Å². The molecule has 0 aliphatic heterocycles. The van der Waals surface area contributed by atoms with Gasteiger partial charge >= 0.3 is 0 Å². The first-order valence-electron chi connectivity index (χ1n) is 6.39. The van der Waals surface area contributed by atoms with Crippen molar-refractivity contribution in [2.45, 2.75) is 36.0 Å². The number of hydrogen-bond acceptors (Lipinski definition) is 3. The first-order chi connectivity index (χ1) is 9.36. The molecular weight excluding hydrogens is 270 g/mol. The number of nitro benzene ring substituents is 1. The Labute approximate surface area is 123 Å². The average molecular weight is 287 g/mol. The van der Waals surface area contributed by atoms with Crippen LogP contribution in [0.15, 0.2) is 58.3 Å². The molecule has 0 radical (unpaired) electrons. The van der Waals surface area contributed by atoms with Gasteiger partial charge in [-0.15, -0.1) is 0 Å². The molecule has 0 unspecified atom stereocenters. The van der Waals surface area contributed by atoms with Gasteiger partial charge in [0.25, 0.3) is 5.69 Å². The number of hydrogen-bond donors (Lipinski definition) is 0. The summed E-state index contributed by atoms with van der Waals surface area (Å²) in [5, 5.41) is 10.6. The third-order valence-corrected chi connectivity index (χ3v) is 4.02. The molecule has 0 heterocycles. The van der Waals surface area contributed by atoms with Gasteiger partial charge in [0.05, 0.1) is 4.92 Å². The first kappa shape index (κ1) is 14.6. The quantitative estimate of drug-likeness (QED) is 0.586. The van der Waals surface area contributed by atoms with Gasteiger partial charge in [0.15, 0.2) is 0 Å². The van der Waals surface area contributed by atoms with Crippen molar-refractivity contribution >= 4 is 17.4 Å². The average Bonchev–Trinajstić information content (AvgIpc) is 2.39. The molecule has 0 N–H and O–H groups in total. The minimum Gasteiger partial charge on any atom is -0.258 e. The maximum absolute atomic E-state index is 10.6.